The molecule has 106 valence electrons. The van der Waals surface area contributed by atoms with Gasteiger partial charge in [-0.05, 0) is 25.8 Å². The van der Waals surface area contributed by atoms with Crippen LogP contribution in [0, 0.1) is 17.7 Å². The number of rotatable bonds is 1. The fourth-order valence-electron chi connectivity index (χ4n) is 0.398. The lowest BCUT2D eigenvalue weighted by Crippen LogP contribution is -1.94. The van der Waals surface area contributed by atoms with Crippen molar-refractivity contribution in [3.63, 3.8) is 0 Å². The molecule has 0 aromatic carbocycles. The molecular weight excluding hydrogens is 260 g/mol. The van der Waals surface area contributed by atoms with Gasteiger partial charge in [0.15, 0.2) is 5.82 Å². The van der Waals surface area contributed by atoms with Crippen molar-refractivity contribution < 1.29 is 13.5 Å². The van der Waals surface area contributed by atoms with Gasteiger partial charge < -0.3 is 4.74 Å². The van der Waals surface area contributed by atoms with Crippen LogP contribution in [0.2, 0.25) is 5.02 Å². The maximum atomic E-state index is 12.1. The summed E-state index contributed by atoms with van der Waals surface area (Å²) in [6, 6.07) is 0.865. The van der Waals surface area contributed by atoms with Crippen molar-refractivity contribution in [2.75, 3.05) is 7.11 Å². The lowest BCUT2D eigenvalue weighted by atomic mass is 10.3. The molecule has 0 bridgehead atoms. The molecule has 0 unspecified atom stereocenters. The Labute approximate surface area is 113 Å². The molecule has 0 saturated heterocycles. The van der Waals surface area contributed by atoms with Gasteiger partial charge in [-0.25, -0.2) is 9.37 Å². The summed E-state index contributed by atoms with van der Waals surface area (Å²) in [5.74, 6) is -1.32. The molecule has 0 saturated carbocycles. The number of ether oxygens (including phenoxy) is 1. The third-order valence-corrected chi connectivity index (χ3v) is 1.44. The monoisotopic (exact) mass is 281 g/mol. The van der Waals surface area contributed by atoms with E-state index >= 15 is 0 Å². The van der Waals surface area contributed by atoms with Gasteiger partial charge in [0.25, 0.3) is 0 Å². The van der Waals surface area contributed by atoms with Crippen LogP contribution in [-0.4, -0.2) is 18.2 Å². The molecule has 1 heterocycles. The number of hydrogen-bond acceptors (Lipinski definition) is 2. The maximum absolute atomic E-state index is 12.1. The number of methoxy groups -OCH3 is 1. The highest BCUT2D eigenvalue weighted by Crippen LogP contribution is 2.09. The molecule has 2 nitrogen and oxygen atoms in total. The average Bonchev–Trinajstić information content (AvgIpc) is 2.24. The van der Waals surface area contributed by atoms with Gasteiger partial charge >= 0.3 is 0 Å². The predicted octanol–water partition coefficient (Wildman–Crippen LogP) is 4.72. The molecule has 18 heavy (non-hydrogen) atoms. The quantitative estimate of drug-likeness (QED) is 0.695. The minimum Gasteiger partial charge on any atom is -0.382 e. The fourth-order valence-corrected chi connectivity index (χ4v) is 0.542. The van der Waals surface area contributed by atoms with Crippen LogP contribution in [0.15, 0.2) is 12.3 Å². The van der Waals surface area contributed by atoms with Crippen LogP contribution in [-0.2, 0) is 4.74 Å². The molecular formula is C13H22ClF2NO. The van der Waals surface area contributed by atoms with Crippen LogP contribution in [0.3, 0.4) is 0 Å². The Morgan fingerprint density at radius 1 is 1.17 bits per heavy atom. The smallest absolute Gasteiger partial charge is 0.248 e. The van der Waals surface area contributed by atoms with Gasteiger partial charge in [-0.2, -0.15) is 4.39 Å². The summed E-state index contributed by atoms with van der Waals surface area (Å²) in [5, 5.41) is 0.0916. The Morgan fingerprint density at radius 3 is 1.78 bits per heavy atom. The lowest BCUT2D eigenvalue weighted by Gasteiger charge is -1.94. The van der Waals surface area contributed by atoms with Crippen molar-refractivity contribution in [1.82, 2.24) is 4.98 Å². The van der Waals surface area contributed by atoms with Crippen LogP contribution in [0.1, 0.15) is 34.6 Å². The summed E-state index contributed by atoms with van der Waals surface area (Å²) in [7, 11) is 1.70. The summed E-state index contributed by atoms with van der Waals surface area (Å²) in [6.07, 6.45) is 1.43. The van der Waals surface area contributed by atoms with Crippen LogP contribution in [0.4, 0.5) is 8.78 Å². The van der Waals surface area contributed by atoms with E-state index in [1.165, 1.54) is 0 Å². The Bertz CT molecular complexity index is 317. The topological polar surface area (TPSA) is 22.1 Å². The summed E-state index contributed by atoms with van der Waals surface area (Å²) >= 11 is 5.25. The van der Waals surface area contributed by atoms with Gasteiger partial charge in [0.1, 0.15) is 0 Å². The van der Waals surface area contributed by atoms with E-state index in [0.29, 0.717) is 6.10 Å². The summed E-state index contributed by atoms with van der Waals surface area (Å²) in [6.45, 7) is 10.5. The predicted molar refractivity (Wildman–Crippen MR) is 71.8 cm³/mol. The normalized spacial score (nSPS) is 9.50. The van der Waals surface area contributed by atoms with Crippen LogP contribution in [0.5, 0.6) is 0 Å². The number of pyridine rings is 1. The average molecular weight is 282 g/mol. The number of nitrogens with zero attached hydrogens (tertiary/aromatic N) is 1. The van der Waals surface area contributed by atoms with Gasteiger partial charge in [0.2, 0.25) is 5.95 Å². The van der Waals surface area contributed by atoms with E-state index in [4.69, 9.17) is 16.3 Å². The van der Waals surface area contributed by atoms with Gasteiger partial charge in [0, 0.05) is 13.3 Å². The van der Waals surface area contributed by atoms with E-state index in [1.807, 2.05) is 13.8 Å². The van der Waals surface area contributed by atoms with E-state index in [9.17, 15) is 8.78 Å². The number of hydrogen-bond donors (Lipinski definition) is 0. The molecule has 1 rings (SSSR count). The van der Waals surface area contributed by atoms with Crippen molar-refractivity contribution in [3.05, 3.63) is 29.1 Å². The second-order valence-corrected chi connectivity index (χ2v) is 4.88. The van der Waals surface area contributed by atoms with Gasteiger partial charge in [-0.15, -0.1) is 0 Å². The first-order chi connectivity index (χ1) is 8.20. The zero-order valence-corrected chi connectivity index (χ0v) is 12.6. The van der Waals surface area contributed by atoms with E-state index < -0.39 is 11.8 Å². The molecule has 0 atom stereocenters. The molecule has 1 aromatic rings. The highest BCUT2D eigenvalue weighted by molar-refractivity contribution is 6.30. The molecule has 0 spiro atoms. The molecule has 0 aliphatic rings. The van der Waals surface area contributed by atoms with Crippen molar-refractivity contribution in [2.24, 2.45) is 5.92 Å². The van der Waals surface area contributed by atoms with Gasteiger partial charge in [-0.3, -0.25) is 0 Å². The Kier molecular flexibility index (Phi) is 12.4. The summed E-state index contributed by atoms with van der Waals surface area (Å²) in [5.41, 5.74) is 0. The van der Waals surface area contributed by atoms with Crippen LogP contribution >= 0.6 is 11.6 Å². The maximum Gasteiger partial charge on any atom is 0.248 e. The number of halogens is 3. The fraction of sp³-hybridized carbons (Fsp3) is 0.615. The molecule has 0 amide bonds. The third kappa shape index (κ3) is 15.3. The zero-order valence-electron chi connectivity index (χ0n) is 11.8. The van der Waals surface area contributed by atoms with Gasteiger partial charge in [-0.1, -0.05) is 32.4 Å². The molecule has 0 fully saturated rings. The first kappa shape index (κ1) is 19.6. The second kappa shape index (κ2) is 11.4. The van der Waals surface area contributed by atoms with E-state index in [1.54, 1.807) is 7.11 Å². The Hall–Kier alpha value is -0.740. The minimum absolute atomic E-state index is 0.0916. The minimum atomic E-state index is -1.13. The van der Waals surface area contributed by atoms with Crippen molar-refractivity contribution in [2.45, 2.75) is 40.7 Å². The first-order valence-electron chi connectivity index (χ1n) is 5.70. The molecule has 0 aliphatic heterocycles. The number of aromatic nitrogens is 1. The van der Waals surface area contributed by atoms with Crippen molar-refractivity contribution in [3.8, 4) is 0 Å². The van der Waals surface area contributed by atoms with Crippen molar-refractivity contribution >= 4 is 11.6 Å². The molecule has 0 radical (unpaired) electrons. The lowest BCUT2D eigenvalue weighted by molar-refractivity contribution is 0.134. The van der Waals surface area contributed by atoms with Crippen LogP contribution in [0.25, 0.3) is 0 Å². The Balaban J connectivity index is 0. The van der Waals surface area contributed by atoms with E-state index in [2.05, 4.69) is 25.8 Å². The first-order valence-corrected chi connectivity index (χ1v) is 6.07. The Morgan fingerprint density at radius 2 is 1.56 bits per heavy atom. The zero-order chi connectivity index (χ0) is 14.7. The largest absolute Gasteiger partial charge is 0.382 e. The summed E-state index contributed by atoms with van der Waals surface area (Å²) < 4.78 is 28.8. The molecule has 1 aromatic heterocycles. The van der Waals surface area contributed by atoms with Crippen LogP contribution < -0.4 is 0 Å². The molecule has 5 heteroatoms. The third-order valence-electron chi connectivity index (χ3n) is 1.23. The molecule has 0 N–H and O–H groups in total. The summed E-state index contributed by atoms with van der Waals surface area (Å²) in [4.78, 5) is 3.00. The van der Waals surface area contributed by atoms with E-state index in [-0.39, 0.29) is 5.02 Å². The highest BCUT2D eigenvalue weighted by atomic mass is 35.5. The van der Waals surface area contributed by atoms with Crippen molar-refractivity contribution in [1.29, 1.82) is 0 Å². The molecule has 0 aliphatic carbocycles. The standard InChI is InChI=1S/C5H2ClF2N.C4H10O.C4H10/c6-3-1-4(7)5(8)9-2-3;1-4(2)5-3;1-4(2)3/h1-2H;4H,1-3H3;4H,1-3H3. The highest BCUT2D eigenvalue weighted by Gasteiger charge is 2.00. The second-order valence-electron chi connectivity index (χ2n) is 4.44. The van der Waals surface area contributed by atoms with E-state index in [0.717, 1.165) is 18.2 Å². The van der Waals surface area contributed by atoms with Gasteiger partial charge in [0.05, 0.1) is 11.1 Å². The SMILES string of the molecule is CC(C)C.COC(C)C.Fc1cc(Cl)cnc1F.